The van der Waals surface area contributed by atoms with Crippen LogP contribution in [0.3, 0.4) is 0 Å². The fourth-order valence-corrected chi connectivity index (χ4v) is 4.19. The Hall–Kier alpha value is -3.37. The maximum atomic E-state index is 13.3. The zero-order valence-corrected chi connectivity index (χ0v) is 17.1. The number of nitrogens with zero attached hydrogens (tertiary/aromatic N) is 3. The number of aliphatic imine (C=N–C) groups is 1. The van der Waals surface area contributed by atoms with E-state index < -0.39 is 5.54 Å². The van der Waals surface area contributed by atoms with Crippen LogP contribution in [-0.2, 0) is 15.1 Å². The molecule has 0 saturated heterocycles. The molecule has 0 radical (unpaired) electrons. The largest absolute Gasteiger partial charge is 0.490 e. The predicted octanol–water partition coefficient (Wildman–Crippen LogP) is 2.78. The summed E-state index contributed by atoms with van der Waals surface area (Å²) in [6.07, 6.45) is 1.85. The summed E-state index contributed by atoms with van der Waals surface area (Å²) in [5, 5.41) is 9.22. The fourth-order valence-electron chi connectivity index (χ4n) is 4.19. The Balaban J connectivity index is 1.79. The molecule has 0 aliphatic carbocycles. The minimum absolute atomic E-state index is 0.149. The Morgan fingerprint density at radius 2 is 2.13 bits per heavy atom. The van der Waals surface area contributed by atoms with Crippen LogP contribution in [0, 0.1) is 11.3 Å². The first kappa shape index (κ1) is 19.9. The summed E-state index contributed by atoms with van der Waals surface area (Å²) in [5.74, 6) is 0.702. The summed E-state index contributed by atoms with van der Waals surface area (Å²) in [5.41, 5.74) is 8.03. The maximum absolute atomic E-state index is 13.3. The van der Waals surface area contributed by atoms with Gasteiger partial charge in [0, 0.05) is 32.7 Å². The van der Waals surface area contributed by atoms with Gasteiger partial charge in [-0.1, -0.05) is 18.2 Å². The van der Waals surface area contributed by atoms with Crippen molar-refractivity contribution in [3.05, 3.63) is 53.6 Å². The van der Waals surface area contributed by atoms with Crippen LogP contribution in [0.15, 0.2) is 47.5 Å². The number of methoxy groups -OCH3 is 1. The number of likely N-dealkylation sites (N-methyl/N-ethyl adjacent to an activating group) is 1. The van der Waals surface area contributed by atoms with E-state index in [2.05, 4.69) is 11.1 Å². The topological polar surface area (TPSA) is 101 Å². The highest BCUT2D eigenvalue weighted by molar-refractivity contribution is 6.07. The van der Waals surface area contributed by atoms with E-state index in [0.717, 1.165) is 24.0 Å². The molecule has 1 amide bonds. The molecule has 2 unspecified atom stereocenters. The van der Waals surface area contributed by atoms with Crippen LogP contribution in [-0.4, -0.2) is 43.6 Å². The summed E-state index contributed by atoms with van der Waals surface area (Å²) < 4.78 is 11.4. The number of hydrogen-bond acceptors (Lipinski definition) is 6. The molecule has 7 nitrogen and oxygen atoms in total. The molecule has 0 saturated carbocycles. The van der Waals surface area contributed by atoms with Crippen molar-refractivity contribution in [2.45, 2.75) is 30.9 Å². The van der Waals surface area contributed by atoms with Gasteiger partial charge in [-0.3, -0.25) is 9.69 Å². The van der Waals surface area contributed by atoms with E-state index in [1.807, 2.05) is 36.4 Å². The van der Waals surface area contributed by atoms with Gasteiger partial charge in [0.2, 0.25) is 0 Å². The Morgan fingerprint density at radius 1 is 1.33 bits per heavy atom. The fraction of sp³-hybridized carbons (Fsp3) is 0.348. The highest BCUT2D eigenvalue weighted by Crippen LogP contribution is 2.47. The van der Waals surface area contributed by atoms with Crippen LogP contribution >= 0.6 is 0 Å². The zero-order valence-electron chi connectivity index (χ0n) is 17.1. The summed E-state index contributed by atoms with van der Waals surface area (Å²) in [6, 6.07) is 15.3. The molecule has 0 aromatic heterocycles. The second-order valence-electron chi connectivity index (χ2n) is 7.68. The minimum Gasteiger partial charge on any atom is -0.490 e. The van der Waals surface area contributed by atoms with Gasteiger partial charge >= 0.3 is 0 Å². The van der Waals surface area contributed by atoms with E-state index in [9.17, 15) is 10.1 Å². The molecule has 2 aromatic carbocycles. The van der Waals surface area contributed by atoms with E-state index >= 15 is 0 Å². The zero-order chi connectivity index (χ0) is 21.3. The molecule has 2 aromatic rings. The molecule has 0 bridgehead atoms. The molecule has 4 rings (SSSR count). The summed E-state index contributed by atoms with van der Waals surface area (Å²) in [7, 11) is 3.31. The SMILES string of the molecule is COCCCC1CC2(N=C(N)N(C)C2=O)c2cc(-c3cccc(C#N)c3)ccc2O1. The second kappa shape index (κ2) is 7.81. The quantitative estimate of drug-likeness (QED) is 0.772. The van der Waals surface area contributed by atoms with Crippen LogP contribution in [0.5, 0.6) is 5.75 Å². The van der Waals surface area contributed by atoms with E-state index in [1.165, 1.54) is 4.90 Å². The number of nitriles is 1. The summed E-state index contributed by atoms with van der Waals surface area (Å²) >= 11 is 0. The first-order valence-corrected chi connectivity index (χ1v) is 9.92. The van der Waals surface area contributed by atoms with E-state index in [1.54, 1.807) is 20.2 Å². The van der Waals surface area contributed by atoms with Crippen LogP contribution in [0.25, 0.3) is 11.1 Å². The third-order valence-electron chi connectivity index (χ3n) is 5.75. The van der Waals surface area contributed by atoms with Gasteiger partial charge < -0.3 is 15.2 Å². The molecule has 154 valence electrons. The standard InChI is InChI=1S/C23H24N4O3/c1-27-21(28)23(26-22(27)25)13-18(7-4-10-29-2)30-20-9-8-17(12-19(20)23)16-6-3-5-15(11-16)14-24/h3,5-6,8-9,11-12,18H,4,7,10,13H2,1-2H3,(H2,25,26). The van der Waals surface area contributed by atoms with Gasteiger partial charge in [0.1, 0.15) is 11.9 Å². The molecule has 2 aliphatic heterocycles. The number of amides is 1. The van der Waals surface area contributed by atoms with Crippen LogP contribution in [0.2, 0.25) is 0 Å². The lowest BCUT2D eigenvalue weighted by Crippen LogP contribution is -2.45. The number of guanidine groups is 1. The van der Waals surface area contributed by atoms with Crippen molar-refractivity contribution in [1.29, 1.82) is 5.26 Å². The van der Waals surface area contributed by atoms with Crippen molar-refractivity contribution in [1.82, 2.24) is 4.90 Å². The molecule has 0 fully saturated rings. The Labute approximate surface area is 175 Å². The number of nitrogens with two attached hydrogens (primary N) is 1. The molecule has 1 spiro atoms. The number of hydrogen-bond donors (Lipinski definition) is 1. The third kappa shape index (κ3) is 3.29. The Morgan fingerprint density at radius 3 is 2.83 bits per heavy atom. The van der Waals surface area contributed by atoms with Crippen LogP contribution in [0.4, 0.5) is 0 Å². The van der Waals surface area contributed by atoms with Crippen molar-refractivity contribution in [3.8, 4) is 22.9 Å². The monoisotopic (exact) mass is 404 g/mol. The number of carbonyl (C=O) groups excluding carboxylic acids is 1. The van der Waals surface area contributed by atoms with Crippen LogP contribution in [0.1, 0.15) is 30.4 Å². The highest BCUT2D eigenvalue weighted by Gasteiger charge is 2.53. The molecule has 30 heavy (non-hydrogen) atoms. The lowest BCUT2D eigenvalue weighted by atomic mass is 9.79. The van der Waals surface area contributed by atoms with Crippen molar-refractivity contribution >= 4 is 11.9 Å². The van der Waals surface area contributed by atoms with Gasteiger partial charge in [0.15, 0.2) is 11.5 Å². The minimum atomic E-state index is -1.09. The molecule has 2 N–H and O–H groups in total. The van der Waals surface area contributed by atoms with Gasteiger partial charge in [0.05, 0.1) is 11.6 Å². The molecule has 7 heteroatoms. The van der Waals surface area contributed by atoms with Crippen molar-refractivity contribution in [2.24, 2.45) is 10.7 Å². The summed E-state index contributed by atoms with van der Waals surface area (Å²) in [6.45, 7) is 0.632. The Bertz CT molecular complexity index is 1060. The Kier molecular flexibility index (Phi) is 5.18. The van der Waals surface area contributed by atoms with Gasteiger partial charge in [-0.15, -0.1) is 0 Å². The third-order valence-corrected chi connectivity index (χ3v) is 5.75. The normalized spacial score (nSPS) is 22.4. The van der Waals surface area contributed by atoms with Crippen molar-refractivity contribution in [2.75, 3.05) is 20.8 Å². The first-order chi connectivity index (χ1) is 14.5. The van der Waals surface area contributed by atoms with Gasteiger partial charge in [-0.05, 0) is 48.2 Å². The average molecular weight is 404 g/mol. The van der Waals surface area contributed by atoms with E-state index in [4.69, 9.17) is 15.2 Å². The van der Waals surface area contributed by atoms with Crippen LogP contribution < -0.4 is 10.5 Å². The molecule has 2 atom stereocenters. The van der Waals surface area contributed by atoms with Crippen molar-refractivity contribution in [3.63, 3.8) is 0 Å². The molecule has 2 heterocycles. The first-order valence-electron chi connectivity index (χ1n) is 9.92. The summed E-state index contributed by atoms with van der Waals surface area (Å²) in [4.78, 5) is 19.3. The highest BCUT2D eigenvalue weighted by atomic mass is 16.5. The second-order valence-corrected chi connectivity index (χ2v) is 7.68. The van der Waals surface area contributed by atoms with E-state index in [0.29, 0.717) is 29.9 Å². The van der Waals surface area contributed by atoms with Gasteiger partial charge in [-0.25, -0.2) is 4.99 Å². The van der Waals surface area contributed by atoms with Crippen molar-refractivity contribution < 1.29 is 14.3 Å². The lowest BCUT2D eigenvalue weighted by molar-refractivity contribution is -0.132. The van der Waals surface area contributed by atoms with E-state index in [-0.39, 0.29) is 18.0 Å². The molecular formula is C23H24N4O3. The number of carbonyl (C=O) groups is 1. The average Bonchev–Trinajstić information content (AvgIpc) is 2.97. The van der Waals surface area contributed by atoms with Gasteiger partial charge in [0.25, 0.3) is 5.91 Å². The number of ether oxygens (including phenoxy) is 2. The predicted molar refractivity (Wildman–Crippen MR) is 113 cm³/mol. The smallest absolute Gasteiger partial charge is 0.261 e. The number of fused-ring (bicyclic) bond motifs is 2. The maximum Gasteiger partial charge on any atom is 0.261 e. The lowest BCUT2D eigenvalue weighted by Gasteiger charge is -2.37. The van der Waals surface area contributed by atoms with Gasteiger partial charge in [-0.2, -0.15) is 5.26 Å². The number of benzene rings is 2. The molecular weight excluding hydrogens is 380 g/mol. The molecule has 2 aliphatic rings. The number of rotatable bonds is 5.